The first-order valence-electron chi connectivity index (χ1n) is 5.08. The molecule has 1 heterocycles. The zero-order chi connectivity index (χ0) is 10.8. The maximum atomic E-state index is 5.83. The first kappa shape index (κ1) is 9.77. The topological polar surface area (TPSA) is 43.8 Å². The van der Waals surface area contributed by atoms with Gasteiger partial charge in [0.2, 0.25) is 5.95 Å². The Bertz CT molecular complexity index is 443. The van der Waals surface area contributed by atoms with Crippen molar-refractivity contribution in [2.24, 2.45) is 0 Å². The third kappa shape index (κ3) is 1.86. The Labute approximate surface area is 89.6 Å². The molecular weight excluding hydrogens is 186 g/mol. The Kier molecular flexibility index (Phi) is 2.46. The van der Waals surface area contributed by atoms with Crippen molar-refractivity contribution < 1.29 is 0 Å². The van der Waals surface area contributed by atoms with Gasteiger partial charge in [0.15, 0.2) is 0 Å². The van der Waals surface area contributed by atoms with E-state index in [1.165, 1.54) is 0 Å². The molecule has 0 aliphatic carbocycles. The van der Waals surface area contributed by atoms with Crippen LogP contribution >= 0.6 is 0 Å². The summed E-state index contributed by atoms with van der Waals surface area (Å²) in [5, 5.41) is 0. The normalized spacial score (nSPS) is 10.9. The number of rotatable bonds is 2. The molecule has 0 aliphatic heterocycles. The van der Waals surface area contributed by atoms with E-state index in [2.05, 4.69) is 18.8 Å². The molecule has 0 saturated carbocycles. The number of aromatic nitrogens is 2. The van der Waals surface area contributed by atoms with Crippen LogP contribution in [0, 0.1) is 0 Å². The Balaban J connectivity index is 2.43. The van der Waals surface area contributed by atoms with Crippen LogP contribution in [0.5, 0.6) is 0 Å². The lowest BCUT2D eigenvalue weighted by atomic mass is 10.2. The monoisotopic (exact) mass is 201 g/mol. The number of nitrogen functional groups attached to an aromatic ring is 1. The van der Waals surface area contributed by atoms with E-state index in [0.29, 0.717) is 12.0 Å². The summed E-state index contributed by atoms with van der Waals surface area (Å²) < 4.78 is 1.97. The molecule has 0 unspecified atom stereocenters. The average Bonchev–Trinajstić information content (AvgIpc) is 2.62. The number of imidazole rings is 1. The number of nitrogens with zero attached hydrogens (tertiary/aromatic N) is 2. The molecule has 0 saturated heterocycles. The van der Waals surface area contributed by atoms with Crippen LogP contribution in [0.3, 0.4) is 0 Å². The van der Waals surface area contributed by atoms with Gasteiger partial charge in [-0.2, -0.15) is 0 Å². The van der Waals surface area contributed by atoms with Gasteiger partial charge in [-0.05, 0) is 13.8 Å². The van der Waals surface area contributed by atoms with E-state index in [1.54, 1.807) is 0 Å². The molecule has 3 heteroatoms. The van der Waals surface area contributed by atoms with Crippen molar-refractivity contribution in [3.63, 3.8) is 0 Å². The fourth-order valence-corrected chi connectivity index (χ4v) is 1.57. The molecule has 2 rings (SSSR count). The van der Waals surface area contributed by atoms with Crippen LogP contribution in [-0.4, -0.2) is 9.55 Å². The molecule has 0 spiro atoms. The zero-order valence-corrected chi connectivity index (χ0v) is 9.01. The summed E-state index contributed by atoms with van der Waals surface area (Å²) in [4.78, 5) is 4.34. The molecule has 0 bridgehead atoms. The van der Waals surface area contributed by atoms with Gasteiger partial charge in [0.1, 0.15) is 0 Å². The largest absolute Gasteiger partial charge is 0.369 e. The third-order valence-corrected chi connectivity index (χ3v) is 2.39. The highest BCUT2D eigenvalue weighted by molar-refractivity contribution is 5.60. The van der Waals surface area contributed by atoms with Crippen LogP contribution in [0.15, 0.2) is 36.5 Å². The van der Waals surface area contributed by atoms with E-state index in [-0.39, 0.29) is 0 Å². The minimum Gasteiger partial charge on any atom is -0.369 e. The zero-order valence-electron chi connectivity index (χ0n) is 9.01. The lowest BCUT2D eigenvalue weighted by Gasteiger charge is -2.06. The van der Waals surface area contributed by atoms with E-state index >= 15 is 0 Å². The first-order chi connectivity index (χ1) is 7.18. The molecule has 2 aromatic rings. The van der Waals surface area contributed by atoms with Gasteiger partial charge in [-0.3, -0.25) is 0 Å². The van der Waals surface area contributed by atoms with Crippen LogP contribution in [-0.2, 0) is 0 Å². The van der Waals surface area contributed by atoms with E-state index in [4.69, 9.17) is 5.73 Å². The van der Waals surface area contributed by atoms with Gasteiger partial charge >= 0.3 is 0 Å². The second-order valence-corrected chi connectivity index (χ2v) is 3.85. The van der Waals surface area contributed by atoms with Crippen LogP contribution in [0.1, 0.15) is 19.9 Å². The fourth-order valence-electron chi connectivity index (χ4n) is 1.57. The Morgan fingerprint density at radius 3 is 2.40 bits per heavy atom. The predicted molar refractivity (Wildman–Crippen MR) is 62.5 cm³/mol. The van der Waals surface area contributed by atoms with Gasteiger partial charge < -0.3 is 10.3 Å². The van der Waals surface area contributed by atoms with Crippen molar-refractivity contribution in [2.75, 3.05) is 5.73 Å². The quantitative estimate of drug-likeness (QED) is 0.811. The molecule has 3 nitrogen and oxygen atoms in total. The predicted octanol–water partition coefficient (Wildman–Crippen LogP) is 2.71. The summed E-state index contributed by atoms with van der Waals surface area (Å²) in [6, 6.07) is 10.4. The maximum absolute atomic E-state index is 5.83. The standard InChI is InChI=1S/C12H15N3/c1-9(2)15-8-11(14-12(15)13)10-6-4-3-5-7-10/h3-9H,1-2H3,(H2,13,14). The minimum atomic E-state index is 0.343. The van der Waals surface area contributed by atoms with Gasteiger partial charge in [-0.1, -0.05) is 30.3 Å². The third-order valence-electron chi connectivity index (χ3n) is 2.39. The van der Waals surface area contributed by atoms with Gasteiger partial charge in [0.05, 0.1) is 5.69 Å². The molecule has 1 aromatic heterocycles. The highest BCUT2D eigenvalue weighted by atomic mass is 15.2. The summed E-state index contributed by atoms with van der Waals surface area (Å²) in [6.45, 7) is 4.18. The molecule has 1 aromatic carbocycles. The van der Waals surface area contributed by atoms with Crippen LogP contribution in [0.25, 0.3) is 11.3 Å². The fraction of sp³-hybridized carbons (Fsp3) is 0.250. The molecule has 0 radical (unpaired) electrons. The highest BCUT2D eigenvalue weighted by Crippen LogP contribution is 2.21. The van der Waals surface area contributed by atoms with Crippen molar-refractivity contribution in [1.29, 1.82) is 0 Å². The van der Waals surface area contributed by atoms with Crippen molar-refractivity contribution in [1.82, 2.24) is 9.55 Å². The van der Waals surface area contributed by atoms with Crippen molar-refractivity contribution in [2.45, 2.75) is 19.9 Å². The molecule has 0 fully saturated rings. The number of benzene rings is 1. The number of anilines is 1. The molecule has 15 heavy (non-hydrogen) atoms. The van der Waals surface area contributed by atoms with Crippen LogP contribution in [0.2, 0.25) is 0 Å². The molecule has 0 amide bonds. The molecule has 78 valence electrons. The highest BCUT2D eigenvalue weighted by Gasteiger charge is 2.08. The van der Waals surface area contributed by atoms with Crippen molar-refractivity contribution >= 4 is 5.95 Å². The lowest BCUT2D eigenvalue weighted by molar-refractivity contribution is 0.609. The Morgan fingerprint density at radius 2 is 1.87 bits per heavy atom. The van der Waals surface area contributed by atoms with E-state index in [1.807, 2.05) is 41.1 Å². The van der Waals surface area contributed by atoms with Crippen molar-refractivity contribution in [3.05, 3.63) is 36.5 Å². The Hall–Kier alpha value is -1.77. The van der Waals surface area contributed by atoms with Crippen LogP contribution in [0.4, 0.5) is 5.95 Å². The smallest absolute Gasteiger partial charge is 0.200 e. The van der Waals surface area contributed by atoms with Gasteiger partial charge in [0.25, 0.3) is 0 Å². The second kappa shape index (κ2) is 3.77. The lowest BCUT2D eigenvalue weighted by Crippen LogP contribution is -2.03. The maximum Gasteiger partial charge on any atom is 0.200 e. The molecule has 0 atom stereocenters. The first-order valence-corrected chi connectivity index (χ1v) is 5.08. The number of hydrogen-bond acceptors (Lipinski definition) is 2. The van der Waals surface area contributed by atoms with E-state index < -0.39 is 0 Å². The number of nitrogens with two attached hydrogens (primary N) is 1. The van der Waals surface area contributed by atoms with Gasteiger partial charge in [-0.15, -0.1) is 0 Å². The average molecular weight is 201 g/mol. The SMILES string of the molecule is CC(C)n1cc(-c2ccccc2)nc1N. The molecule has 2 N–H and O–H groups in total. The van der Waals surface area contributed by atoms with E-state index in [0.717, 1.165) is 11.3 Å². The molecular formula is C12H15N3. The minimum absolute atomic E-state index is 0.343. The van der Waals surface area contributed by atoms with Crippen LogP contribution < -0.4 is 5.73 Å². The van der Waals surface area contributed by atoms with Gasteiger partial charge in [-0.25, -0.2) is 4.98 Å². The molecule has 0 aliphatic rings. The van der Waals surface area contributed by atoms with Gasteiger partial charge in [0, 0.05) is 17.8 Å². The Morgan fingerprint density at radius 1 is 1.20 bits per heavy atom. The summed E-state index contributed by atoms with van der Waals surface area (Å²) in [5.41, 5.74) is 7.86. The number of hydrogen-bond donors (Lipinski definition) is 1. The summed E-state index contributed by atoms with van der Waals surface area (Å²) in [6.07, 6.45) is 2.00. The summed E-state index contributed by atoms with van der Waals surface area (Å²) >= 11 is 0. The second-order valence-electron chi connectivity index (χ2n) is 3.85. The summed E-state index contributed by atoms with van der Waals surface area (Å²) in [5.74, 6) is 0.573. The van der Waals surface area contributed by atoms with E-state index in [9.17, 15) is 0 Å². The summed E-state index contributed by atoms with van der Waals surface area (Å²) in [7, 11) is 0. The van der Waals surface area contributed by atoms with Crippen molar-refractivity contribution in [3.8, 4) is 11.3 Å².